The summed E-state index contributed by atoms with van der Waals surface area (Å²) in [7, 11) is 0. The van der Waals surface area contributed by atoms with Crippen molar-refractivity contribution in [2.75, 3.05) is 57.3 Å². The van der Waals surface area contributed by atoms with E-state index in [1.54, 1.807) is 0 Å². The molecule has 5 heteroatoms. The molecule has 2 aromatic carbocycles. The highest BCUT2D eigenvalue weighted by Crippen LogP contribution is 2.32. The lowest BCUT2D eigenvalue weighted by Crippen LogP contribution is -2.45. The average molecular weight is 451 g/mol. The standard InChI is InChI=1S/C28H42N4O/c1-5-18-31(19-6-2)26-11-9-10-25(22-26)27(32-20-16-29-17-21-32)23-12-14-24(15-13-23)28(33)30(7-3)8-4/h9-15,22,27,29H,5-8,16-21H2,1-4H3/t27-/m0/s1. The summed E-state index contributed by atoms with van der Waals surface area (Å²) in [6.45, 7) is 16.2. The molecule has 5 nitrogen and oxygen atoms in total. The highest BCUT2D eigenvalue weighted by atomic mass is 16.2. The molecule has 0 unspecified atom stereocenters. The van der Waals surface area contributed by atoms with Gasteiger partial charge in [0.1, 0.15) is 0 Å². The molecule has 1 saturated heterocycles. The van der Waals surface area contributed by atoms with E-state index in [0.717, 1.165) is 70.8 Å². The quantitative estimate of drug-likeness (QED) is 0.534. The zero-order valence-corrected chi connectivity index (χ0v) is 21.0. The van der Waals surface area contributed by atoms with Crippen molar-refractivity contribution >= 4 is 11.6 Å². The fourth-order valence-corrected chi connectivity index (χ4v) is 4.86. The summed E-state index contributed by atoms with van der Waals surface area (Å²) < 4.78 is 0. The first-order valence-corrected chi connectivity index (χ1v) is 12.8. The largest absolute Gasteiger partial charge is 0.372 e. The van der Waals surface area contributed by atoms with Crippen LogP contribution in [0.4, 0.5) is 5.69 Å². The SMILES string of the molecule is CCCN(CCC)c1cccc([C@H](c2ccc(C(=O)N(CC)CC)cc2)N2CCNCC2)c1. The molecular weight excluding hydrogens is 408 g/mol. The van der Waals surface area contributed by atoms with E-state index in [-0.39, 0.29) is 11.9 Å². The molecule has 1 N–H and O–H groups in total. The first-order valence-electron chi connectivity index (χ1n) is 12.8. The van der Waals surface area contributed by atoms with Crippen molar-refractivity contribution in [3.05, 3.63) is 65.2 Å². The van der Waals surface area contributed by atoms with Crippen molar-refractivity contribution in [1.82, 2.24) is 15.1 Å². The second kappa shape index (κ2) is 12.8. The number of amides is 1. The summed E-state index contributed by atoms with van der Waals surface area (Å²) in [5.41, 5.74) is 4.66. The van der Waals surface area contributed by atoms with Gasteiger partial charge in [-0.3, -0.25) is 9.69 Å². The smallest absolute Gasteiger partial charge is 0.253 e. The van der Waals surface area contributed by atoms with Crippen molar-refractivity contribution in [1.29, 1.82) is 0 Å². The Kier molecular flexibility index (Phi) is 9.76. The van der Waals surface area contributed by atoms with E-state index >= 15 is 0 Å². The monoisotopic (exact) mass is 450 g/mol. The topological polar surface area (TPSA) is 38.8 Å². The number of hydrogen-bond acceptors (Lipinski definition) is 4. The van der Waals surface area contributed by atoms with Gasteiger partial charge in [-0.05, 0) is 62.1 Å². The number of benzene rings is 2. The van der Waals surface area contributed by atoms with Gasteiger partial charge in [0, 0.05) is 63.6 Å². The fraction of sp³-hybridized carbons (Fsp3) is 0.536. The Hall–Kier alpha value is -2.37. The number of anilines is 1. The van der Waals surface area contributed by atoms with Crippen LogP contribution in [0.2, 0.25) is 0 Å². The van der Waals surface area contributed by atoms with Crippen LogP contribution in [0.3, 0.4) is 0 Å². The highest BCUT2D eigenvalue weighted by molar-refractivity contribution is 5.94. The van der Waals surface area contributed by atoms with Crippen LogP contribution in [0, 0.1) is 0 Å². The highest BCUT2D eigenvalue weighted by Gasteiger charge is 2.25. The molecule has 1 amide bonds. The number of rotatable bonds is 11. The Bertz CT molecular complexity index is 850. The molecule has 0 aliphatic carbocycles. The van der Waals surface area contributed by atoms with Gasteiger partial charge in [0.2, 0.25) is 0 Å². The molecule has 1 fully saturated rings. The maximum absolute atomic E-state index is 12.8. The molecule has 1 heterocycles. The first kappa shape index (κ1) is 25.3. The van der Waals surface area contributed by atoms with Gasteiger partial charge in [0.25, 0.3) is 5.91 Å². The lowest BCUT2D eigenvalue weighted by atomic mass is 9.94. The summed E-state index contributed by atoms with van der Waals surface area (Å²) in [4.78, 5) is 19.8. The van der Waals surface area contributed by atoms with Crippen LogP contribution in [0.25, 0.3) is 0 Å². The van der Waals surface area contributed by atoms with E-state index in [2.05, 4.69) is 65.4 Å². The predicted octanol–water partition coefficient (Wildman–Crippen LogP) is 4.79. The van der Waals surface area contributed by atoms with E-state index in [0.29, 0.717) is 0 Å². The Morgan fingerprint density at radius 2 is 1.55 bits per heavy atom. The molecule has 0 spiro atoms. The summed E-state index contributed by atoms with van der Waals surface area (Å²) >= 11 is 0. The molecule has 1 aliphatic rings. The van der Waals surface area contributed by atoms with Gasteiger partial charge in [-0.2, -0.15) is 0 Å². The van der Waals surface area contributed by atoms with Crippen molar-refractivity contribution in [2.24, 2.45) is 0 Å². The molecule has 1 aliphatic heterocycles. The second-order valence-electron chi connectivity index (χ2n) is 8.87. The van der Waals surface area contributed by atoms with Gasteiger partial charge in [-0.1, -0.05) is 38.1 Å². The number of nitrogens with one attached hydrogen (secondary N) is 1. The maximum Gasteiger partial charge on any atom is 0.253 e. The van der Waals surface area contributed by atoms with Crippen molar-refractivity contribution in [3.63, 3.8) is 0 Å². The number of nitrogens with zero attached hydrogens (tertiary/aromatic N) is 3. The van der Waals surface area contributed by atoms with Crippen LogP contribution in [0.1, 0.15) is 68.1 Å². The molecule has 180 valence electrons. The minimum Gasteiger partial charge on any atom is -0.372 e. The van der Waals surface area contributed by atoms with Crippen molar-refractivity contribution in [3.8, 4) is 0 Å². The molecule has 3 rings (SSSR count). The Morgan fingerprint density at radius 1 is 0.909 bits per heavy atom. The lowest BCUT2D eigenvalue weighted by Gasteiger charge is -2.36. The van der Waals surface area contributed by atoms with Crippen LogP contribution >= 0.6 is 0 Å². The third-order valence-electron chi connectivity index (χ3n) is 6.58. The van der Waals surface area contributed by atoms with E-state index < -0.39 is 0 Å². The van der Waals surface area contributed by atoms with Gasteiger partial charge in [0.05, 0.1) is 6.04 Å². The molecule has 1 atom stereocenters. The third-order valence-corrected chi connectivity index (χ3v) is 6.58. The first-order chi connectivity index (χ1) is 16.1. The Balaban J connectivity index is 1.94. The second-order valence-corrected chi connectivity index (χ2v) is 8.87. The minimum absolute atomic E-state index is 0.113. The van der Waals surface area contributed by atoms with Crippen LogP contribution in [-0.2, 0) is 0 Å². The maximum atomic E-state index is 12.8. The Morgan fingerprint density at radius 3 is 2.12 bits per heavy atom. The van der Waals surface area contributed by atoms with E-state index in [4.69, 9.17) is 0 Å². The number of carbonyl (C=O) groups is 1. The van der Waals surface area contributed by atoms with E-state index in [1.807, 2.05) is 30.9 Å². The van der Waals surface area contributed by atoms with Crippen LogP contribution in [0.5, 0.6) is 0 Å². The van der Waals surface area contributed by atoms with Crippen molar-refractivity contribution < 1.29 is 4.79 Å². The van der Waals surface area contributed by atoms with Crippen LogP contribution in [-0.4, -0.2) is 68.1 Å². The van der Waals surface area contributed by atoms with Crippen molar-refractivity contribution in [2.45, 2.75) is 46.6 Å². The normalized spacial score (nSPS) is 15.3. The number of piperazine rings is 1. The fourth-order valence-electron chi connectivity index (χ4n) is 4.86. The third kappa shape index (κ3) is 6.36. The molecule has 0 saturated carbocycles. The van der Waals surface area contributed by atoms with Gasteiger partial charge in [0.15, 0.2) is 0 Å². The van der Waals surface area contributed by atoms with Crippen LogP contribution < -0.4 is 10.2 Å². The van der Waals surface area contributed by atoms with Gasteiger partial charge in [-0.25, -0.2) is 0 Å². The van der Waals surface area contributed by atoms with Gasteiger partial charge >= 0.3 is 0 Å². The Labute approximate surface area is 200 Å². The molecule has 0 radical (unpaired) electrons. The summed E-state index contributed by atoms with van der Waals surface area (Å²) in [6, 6.07) is 17.6. The van der Waals surface area contributed by atoms with Gasteiger partial charge in [-0.15, -0.1) is 0 Å². The lowest BCUT2D eigenvalue weighted by molar-refractivity contribution is 0.0773. The summed E-state index contributed by atoms with van der Waals surface area (Å²) in [6.07, 6.45) is 2.29. The predicted molar refractivity (Wildman–Crippen MR) is 139 cm³/mol. The molecule has 0 aromatic heterocycles. The van der Waals surface area contributed by atoms with Gasteiger partial charge < -0.3 is 15.1 Å². The minimum atomic E-state index is 0.113. The molecule has 0 bridgehead atoms. The molecule has 33 heavy (non-hydrogen) atoms. The number of hydrogen-bond donors (Lipinski definition) is 1. The molecule has 2 aromatic rings. The zero-order chi connectivity index (χ0) is 23.6. The zero-order valence-electron chi connectivity index (χ0n) is 21.0. The van der Waals surface area contributed by atoms with Crippen LogP contribution in [0.15, 0.2) is 48.5 Å². The van der Waals surface area contributed by atoms with E-state index in [1.165, 1.54) is 16.8 Å². The summed E-state index contributed by atoms with van der Waals surface area (Å²) in [5.74, 6) is 0.113. The average Bonchev–Trinajstić information content (AvgIpc) is 2.86. The number of carbonyl (C=O) groups excluding carboxylic acids is 1. The molecular formula is C28H42N4O. The summed E-state index contributed by atoms with van der Waals surface area (Å²) in [5, 5.41) is 3.48. The van der Waals surface area contributed by atoms with E-state index in [9.17, 15) is 4.79 Å².